The van der Waals surface area contributed by atoms with E-state index in [4.69, 9.17) is 4.74 Å². The van der Waals surface area contributed by atoms with Gasteiger partial charge in [0, 0.05) is 11.0 Å². The molecule has 1 aliphatic rings. The highest BCUT2D eigenvalue weighted by Crippen LogP contribution is 2.27. The average Bonchev–Trinajstić information content (AvgIpc) is 2.43. The molecule has 0 saturated heterocycles. The van der Waals surface area contributed by atoms with E-state index in [1.165, 1.54) is 23.9 Å². The standard InChI is InChI=1S/C15H15NO4S/c1-10-7-12(8-11(2)20-10)21-9-15(17)13-5-3-4-6-14(13)16(18)19/h3-8,10H,9H2,1-2H3. The minimum Gasteiger partial charge on any atom is -0.491 e. The van der Waals surface area contributed by atoms with Crippen molar-refractivity contribution >= 4 is 23.2 Å². The molecule has 1 atom stereocenters. The van der Waals surface area contributed by atoms with Crippen LogP contribution in [0.1, 0.15) is 24.2 Å². The molecule has 0 N–H and O–H groups in total. The maximum absolute atomic E-state index is 12.2. The molecule has 1 aromatic rings. The number of rotatable bonds is 5. The number of Topliss-reactive ketones (excluding diaryl/α,β-unsaturated/α-hetero) is 1. The summed E-state index contributed by atoms with van der Waals surface area (Å²) in [5, 5.41) is 10.9. The summed E-state index contributed by atoms with van der Waals surface area (Å²) in [7, 11) is 0. The molecule has 6 heteroatoms. The van der Waals surface area contributed by atoms with Gasteiger partial charge < -0.3 is 4.74 Å². The van der Waals surface area contributed by atoms with Crippen LogP contribution in [0.5, 0.6) is 0 Å². The van der Waals surface area contributed by atoms with E-state index in [2.05, 4.69) is 0 Å². The van der Waals surface area contributed by atoms with Gasteiger partial charge in [-0.3, -0.25) is 14.9 Å². The van der Waals surface area contributed by atoms with Crippen molar-refractivity contribution in [3.8, 4) is 0 Å². The lowest BCUT2D eigenvalue weighted by Crippen LogP contribution is -2.10. The van der Waals surface area contributed by atoms with E-state index in [0.29, 0.717) is 0 Å². The number of para-hydroxylation sites is 1. The van der Waals surface area contributed by atoms with Crippen molar-refractivity contribution in [2.75, 3.05) is 5.75 Å². The van der Waals surface area contributed by atoms with E-state index in [1.54, 1.807) is 12.1 Å². The molecule has 5 nitrogen and oxygen atoms in total. The summed E-state index contributed by atoms with van der Waals surface area (Å²) >= 11 is 1.36. The van der Waals surface area contributed by atoms with Gasteiger partial charge in [-0.1, -0.05) is 12.1 Å². The third-order valence-corrected chi connectivity index (χ3v) is 3.88. The summed E-state index contributed by atoms with van der Waals surface area (Å²) < 4.78 is 5.46. The molecule has 0 aromatic heterocycles. The van der Waals surface area contributed by atoms with Crippen LogP contribution in [0, 0.1) is 10.1 Å². The van der Waals surface area contributed by atoms with Crippen LogP contribution in [-0.2, 0) is 4.74 Å². The second kappa shape index (κ2) is 6.58. The highest BCUT2D eigenvalue weighted by Gasteiger charge is 2.19. The first-order valence-electron chi connectivity index (χ1n) is 6.43. The fraction of sp³-hybridized carbons (Fsp3) is 0.267. The zero-order valence-corrected chi connectivity index (χ0v) is 12.6. The van der Waals surface area contributed by atoms with Crippen LogP contribution < -0.4 is 0 Å². The van der Waals surface area contributed by atoms with Gasteiger partial charge in [-0.05, 0) is 32.1 Å². The lowest BCUT2D eigenvalue weighted by atomic mass is 10.1. The lowest BCUT2D eigenvalue weighted by molar-refractivity contribution is -0.385. The van der Waals surface area contributed by atoms with Crippen molar-refractivity contribution in [1.29, 1.82) is 0 Å². The van der Waals surface area contributed by atoms with Gasteiger partial charge in [0.2, 0.25) is 0 Å². The molecule has 0 fully saturated rings. The van der Waals surface area contributed by atoms with Crippen molar-refractivity contribution in [2.24, 2.45) is 0 Å². The Morgan fingerprint density at radius 2 is 2.14 bits per heavy atom. The summed E-state index contributed by atoms with van der Waals surface area (Å²) in [6.07, 6.45) is 3.75. The number of carbonyl (C=O) groups excluding carboxylic acids is 1. The smallest absolute Gasteiger partial charge is 0.280 e. The second-order valence-corrected chi connectivity index (χ2v) is 5.68. The van der Waals surface area contributed by atoms with Gasteiger partial charge in [0.25, 0.3) is 5.69 Å². The SMILES string of the molecule is CC1=CC(SCC(=O)c2ccccc2[N+](=O)[O-])=CC(C)O1. The highest BCUT2D eigenvalue weighted by atomic mass is 32.2. The van der Waals surface area contributed by atoms with Crippen molar-refractivity contribution in [3.63, 3.8) is 0 Å². The fourth-order valence-corrected chi connectivity index (χ4v) is 3.02. The number of allylic oxidation sites excluding steroid dienone is 2. The number of ketones is 1. The van der Waals surface area contributed by atoms with Crippen LogP contribution in [0.25, 0.3) is 0 Å². The van der Waals surface area contributed by atoms with Gasteiger partial charge in [-0.15, -0.1) is 11.8 Å². The average molecular weight is 305 g/mol. The molecule has 21 heavy (non-hydrogen) atoms. The Kier molecular flexibility index (Phi) is 4.80. The summed E-state index contributed by atoms with van der Waals surface area (Å²) in [6, 6.07) is 6.02. The van der Waals surface area contributed by atoms with Crippen molar-refractivity contribution < 1.29 is 14.5 Å². The van der Waals surface area contributed by atoms with E-state index in [9.17, 15) is 14.9 Å². The van der Waals surface area contributed by atoms with Gasteiger partial charge in [0.1, 0.15) is 6.10 Å². The molecule has 0 saturated carbocycles. The van der Waals surface area contributed by atoms with Crippen LogP contribution in [0.15, 0.2) is 47.1 Å². The molecule has 1 aromatic carbocycles. The van der Waals surface area contributed by atoms with Crippen molar-refractivity contribution in [2.45, 2.75) is 20.0 Å². The Morgan fingerprint density at radius 3 is 2.81 bits per heavy atom. The minimum atomic E-state index is -0.530. The maximum Gasteiger partial charge on any atom is 0.280 e. The van der Waals surface area contributed by atoms with Crippen LogP contribution in [0.4, 0.5) is 5.69 Å². The molecular formula is C15H15NO4S. The lowest BCUT2D eigenvalue weighted by Gasteiger charge is -2.18. The van der Waals surface area contributed by atoms with Gasteiger partial charge in [-0.2, -0.15) is 0 Å². The third kappa shape index (κ3) is 3.95. The quantitative estimate of drug-likeness (QED) is 0.471. The summed E-state index contributed by atoms with van der Waals surface area (Å²) in [5.74, 6) is 0.705. The van der Waals surface area contributed by atoms with Crippen LogP contribution in [0.2, 0.25) is 0 Å². The van der Waals surface area contributed by atoms with Crippen LogP contribution in [0.3, 0.4) is 0 Å². The maximum atomic E-state index is 12.2. The summed E-state index contributed by atoms with van der Waals surface area (Å²) in [5.41, 5.74) is 0.000516. The number of nitrogens with zero attached hydrogens (tertiary/aromatic N) is 1. The van der Waals surface area contributed by atoms with Crippen LogP contribution in [-0.4, -0.2) is 22.6 Å². The Bertz CT molecular complexity index is 636. The van der Waals surface area contributed by atoms with Gasteiger partial charge in [-0.25, -0.2) is 0 Å². The Labute approximate surface area is 126 Å². The van der Waals surface area contributed by atoms with Gasteiger partial charge >= 0.3 is 0 Å². The molecule has 0 amide bonds. The fourth-order valence-electron chi connectivity index (χ4n) is 2.03. The molecular weight excluding hydrogens is 290 g/mol. The molecule has 0 bridgehead atoms. The normalized spacial score (nSPS) is 17.5. The minimum absolute atomic E-state index is 0.0290. The van der Waals surface area contributed by atoms with Crippen LogP contribution >= 0.6 is 11.8 Å². The van der Waals surface area contributed by atoms with E-state index in [0.717, 1.165) is 10.7 Å². The van der Waals surface area contributed by atoms with Gasteiger partial charge in [0.05, 0.1) is 22.0 Å². The molecule has 110 valence electrons. The Hall–Kier alpha value is -2.08. The predicted molar refractivity (Wildman–Crippen MR) is 82.3 cm³/mol. The first kappa shape index (κ1) is 15.3. The Morgan fingerprint density at radius 1 is 1.43 bits per heavy atom. The zero-order valence-electron chi connectivity index (χ0n) is 11.7. The molecule has 1 unspecified atom stereocenters. The van der Waals surface area contributed by atoms with E-state index in [-0.39, 0.29) is 28.9 Å². The number of thioether (sulfide) groups is 1. The first-order valence-corrected chi connectivity index (χ1v) is 7.42. The number of benzene rings is 1. The number of carbonyl (C=O) groups is 1. The number of nitro groups is 1. The molecule has 0 aliphatic carbocycles. The second-order valence-electron chi connectivity index (χ2n) is 4.63. The first-order chi connectivity index (χ1) is 9.97. The zero-order chi connectivity index (χ0) is 15.4. The van der Waals surface area contributed by atoms with Crippen molar-refractivity contribution in [3.05, 3.63) is 62.8 Å². The number of hydrogen-bond donors (Lipinski definition) is 0. The van der Waals surface area contributed by atoms with Gasteiger partial charge in [0.15, 0.2) is 5.78 Å². The predicted octanol–water partition coefficient (Wildman–Crippen LogP) is 3.72. The number of hydrogen-bond acceptors (Lipinski definition) is 5. The third-order valence-electron chi connectivity index (χ3n) is 2.89. The monoisotopic (exact) mass is 305 g/mol. The number of ether oxygens (including phenoxy) is 1. The number of nitro benzene ring substituents is 1. The molecule has 1 aliphatic heterocycles. The van der Waals surface area contributed by atoms with Crippen molar-refractivity contribution in [1.82, 2.24) is 0 Å². The summed E-state index contributed by atoms with van der Waals surface area (Å²) in [6.45, 7) is 3.77. The topological polar surface area (TPSA) is 69.4 Å². The van der Waals surface area contributed by atoms with E-state index >= 15 is 0 Å². The van der Waals surface area contributed by atoms with E-state index in [1.807, 2.05) is 26.0 Å². The molecule has 0 spiro atoms. The largest absolute Gasteiger partial charge is 0.491 e. The summed E-state index contributed by atoms with van der Waals surface area (Å²) in [4.78, 5) is 23.5. The molecule has 0 radical (unpaired) electrons. The molecule has 1 heterocycles. The molecule has 2 rings (SSSR count). The highest BCUT2D eigenvalue weighted by molar-refractivity contribution is 8.03. The Balaban J connectivity index is 2.08. The van der Waals surface area contributed by atoms with E-state index < -0.39 is 4.92 Å².